The van der Waals surface area contributed by atoms with Crippen LogP contribution in [-0.2, 0) is 6.42 Å². The molecule has 0 aliphatic rings. The van der Waals surface area contributed by atoms with Gasteiger partial charge in [0.2, 0.25) is 0 Å². The predicted molar refractivity (Wildman–Crippen MR) is 47.8 cm³/mol. The van der Waals surface area contributed by atoms with Gasteiger partial charge in [-0.3, -0.25) is 0 Å². The molecule has 0 radical (unpaired) electrons. The fraction of sp³-hybridized carbons (Fsp3) is 0.500. The van der Waals surface area contributed by atoms with Crippen LogP contribution in [0, 0.1) is 6.92 Å². The molecule has 1 rings (SSSR count). The molecule has 0 aliphatic carbocycles. The van der Waals surface area contributed by atoms with E-state index in [0.29, 0.717) is 0 Å². The summed E-state index contributed by atoms with van der Waals surface area (Å²) in [6, 6.07) is 2.01. The minimum atomic E-state index is -0.104. The molecule has 3 N–H and O–H groups in total. The van der Waals surface area contributed by atoms with Gasteiger partial charge in [0.05, 0.1) is 6.61 Å². The van der Waals surface area contributed by atoms with Crippen molar-refractivity contribution in [1.29, 1.82) is 0 Å². The van der Waals surface area contributed by atoms with Crippen molar-refractivity contribution >= 4 is 11.3 Å². The molecule has 1 unspecified atom stereocenters. The summed E-state index contributed by atoms with van der Waals surface area (Å²) in [4.78, 5) is 1.25. The maximum absolute atomic E-state index is 8.68. The zero-order chi connectivity index (χ0) is 8.27. The summed E-state index contributed by atoms with van der Waals surface area (Å²) in [5.74, 6) is 0. The van der Waals surface area contributed by atoms with Crippen LogP contribution in [-0.4, -0.2) is 17.8 Å². The SMILES string of the molecule is Cc1csc(CC(N)CO)c1. The van der Waals surface area contributed by atoms with Crippen molar-refractivity contribution in [3.05, 3.63) is 21.9 Å². The van der Waals surface area contributed by atoms with E-state index in [0.717, 1.165) is 6.42 Å². The Bertz CT molecular complexity index is 222. The minimum Gasteiger partial charge on any atom is -0.395 e. The van der Waals surface area contributed by atoms with Crippen molar-refractivity contribution in [3.8, 4) is 0 Å². The number of rotatable bonds is 3. The third kappa shape index (κ3) is 2.61. The molecule has 1 aromatic heterocycles. The molecule has 0 bridgehead atoms. The van der Waals surface area contributed by atoms with Gasteiger partial charge >= 0.3 is 0 Å². The highest BCUT2D eigenvalue weighted by Crippen LogP contribution is 2.14. The summed E-state index contributed by atoms with van der Waals surface area (Å²) in [5.41, 5.74) is 6.84. The van der Waals surface area contributed by atoms with E-state index >= 15 is 0 Å². The molecule has 0 spiro atoms. The van der Waals surface area contributed by atoms with Crippen molar-refractivity contribution in [2.75, 3.05) is 6.61 Å². The smallest absolute Gasteiger partial charge is 0.0586 e. The van der Waals surface area contributed by atoms with Gasteiger partial charge in [-0.2, -0.15) is 0 Å². The lowest BCUT2D eigenvalue weighted by Gasteiger charge is -2.04. The van der Waals surface area contributed by atoms with Gasteiger partial charge in [0.1, 0.15) is 0 Å². The van der Waals surface area contributed by atoms with Gasteiger partial charge in [0.15, 0.2) is 0 Å². The lowest BCUT2D eigenvalue weighted by atomic mass is 10.2. The van der Waals surface area contributed by atoms with Crippen LogP contribution in [0.15, 0.2) is 11.4 Å². The summed E-state index contributed by atoms with van der Waals surface area (Å²) in [6.45, 7) is 2.13. The second-order valence-electron chi connectivity index (χ2n) is 2.74. The summed E-state index contributed by atoms with van der Waals surface area (Å²) in [6.07, 6.45) is 0.787. The Morgan fingerprint density at radius 3 is 2.91 bits per heavy atom. The summed E-state index contributed by atoms with van der Waals surface area (Å²) in [7, 11) is 0. The van der Waals surface area contributed by atoms with Crippen molar-refractivity contribution in [2.45, 2.75) is 19.4 Å². The first-order valence-corrected chi connectivity index (χ1v) is 4.51. The molecule has 62 valence electrons. The maximum Gasteiger partial charge on any atom is 0.0586 e. The Kier molecular flexibility index (Phi) is 3.05. The molecule has 1 aromatic rings. The number of aryl methyl sites for hydroxylation is 1. The molecular formula is C8H13NOS. The first kappa shape index (κ1) is 8.71. The molecule has 2 nitrogen and oxygen atoms in total. The molecule has 0 fully saturated rings. The first-order chi connectivity index (χ1) is 5.22. The van der Waals surface area contributed by atoms with Crippen LogP contribution in [0.5, 0.6) is 0 Å². The number of aliphatic hydroxyl groups excluding tert-OH is 1. The highest BCUT2D eigenvalue weighted by Gasteiger charge is 2.03. The Morgan fingerprint density at radius 1 is 1.73 bits per heavy atom. The number of nitrogens with two attached hydrogens (primary N) is 1. The van der Waals surface area contributed by atoms with E-state index in [9.17, 15) is 0 Å². The van der Waals surface area contributed by atoms with Gasteiger partial charge in [-0.05, 0) is 30.4 Å². The van der Waals surface area contributed by atoms with Crippen LogP contribution >= 0.6 is 11.3 Å². The van der Waals surface area contributed by atoms with E-state index in [1.165, 1.54) is 10.4 Å². The van der Waals surface area contributed by atoms with E-state index in [-0.39, 0.29) is 12.6 Å². The number of hydrogen-bond donors (Lipinski definition) is 2. The standard InChI is InChI=1S/C8H13NOS/c1-6-2-8(11-5-6)3-7(9)4-10/h2,5,7,10H,3-4,9H2,1H3. The van der Waals surface area contributed by atoms with Gasteiger partial charge in [-0.25, -0.2) is 0 Å². The fourth-order valence-electron chi connectivity index (χ4n) is 0.921. The highest BCUT2D eigenvalue weighted by molar-refractivity contribution is 7.10. The Balaban J connectivity index is 2.50. The normalized spacial score (nSPS) is 13.4. The zero-order valence-corrected chi connectivity index (χ0v) is 7.40. The van der Waals surface area contributed by atoms with Gasteiger partial charge in [0, 0.05) is 10.9 Å². The highest BCUT2D eigenvalue weighted by atomic mass is 32.1. The molecule has 0 saturated heterocycles. The number of hydrogen-bond acceptors (Lipinski definition) is 3. The maximum atomic E-state index is 8.68. The van der Waals surface area contributed by atoms with Crippen LogP contribution in [0.4, 0.5) is 0 Å². The van der Waals surface area contributed by atoms with Gasteiger partial charge in [-0.15, -0.1) is 11.3 Å². The van der Waals surface area contributed by atoms with Gasteiger partial charge < -0.3 is 10.8 Å². The van der Waals surface area contributed by atoms with Crippen LogP contribution in [0.25, 0.3) is 0 Å². The summed E-state index contributed by atoms with van der Waals surface area (Å²) in [5, 5.41) is 10.8. The van der Waals surface area contributed by atoms with E-state index < -0.39 is 0 Å². The second kappa shape index (κ2) is 3.85. The topological polar surface area (TPSA) is 46.2 Å². The molecule has 0 aromatic carbocycles. The van der Waals surface area contributed by atoms with Crippen LogP contribution in [0.1, 0.15) is 10.4 Å². The molecule has 1 atom stereocenters. The van der Waals surface area contributed by atoms with Gasteiger partial charge in [-0.1, -0.05) is 0 Å². The lowest BCUT2D eigenvalue weighted by molar-refractivity contribution is 0.265. The molecule has 11 heavy (non-hydrogen) atoms. The van der Waals surface area contributed by atoms with E-state index in [2.05, 4.69) is 18.4 Å². The predicted octanol–water partition coefficient (Wildman–Crippen LogP) is 0.919. The Labute approximate surface area is 70.7 Å². The summed E-state index contributed by atoms with van der Waals surface area (Å²) < 4.78 is 0. The third-order valence-corrected chi connectivity index (χ3v) is 2.56. The Morgan fingerprint density at radius 2 is 2.45 bits per heavy atom. The van der Waals surface area contributed by atoms with E-state index in [1.54, 1.807) is 11.3 Å². The van der Waals surface area contributed by atoms with Crippen molar-refractivity contribution in [2.24, 2.45) is 5.73 Å². The van der Waals surface area contributed by atoms with Gasteiger partial charge in [0.25, 0.3) is 0 Å². The van der Waals surface area contributed by atoms with E-state index in [4.69, 9.17) is 10.8 Å². The lowest BCUT2D eigenvalue weighted by Crippen LogP contribution is -2.26. The van der Waals surface area contributed by atoms with Crippen molar-refractivity contribution in [3.63, 3.8) is 0 Å². The molecule has 0 saturated carbocycles. The number of thiophene rings is 1. The average molecular weight is 171 g/mol. The fourth-order valence-corrected chi connectivity index (χ4v) is 1.89. The second-order valence-corrected chi connectivity index (χ2v) is 3.73. The number of aliphatic hydroxyl groups is 1. The average Bonchev–Trinajstić information content (AvgIpc) is 2.35. The van der Waals surface area contributed by atoms with Crippen LogP contribution < -0.4 is 5.73 Å². The first-order valence-electron chi connectivity index (χ1n) is 3.63. The molecule has 3 heteroatoms. The Hall–Kier alpha value is -0.380. The van der Waals surface area contributed by atoms with Crippen molar-refractivity contribution in [1.82, 2.24) is 0 Å². The molecule has 0 aliphatic heterocycles. The largest absolute Gasteiger partial charge is 0.395 e. The molecular weight excluding hydrogens is 158 g/mol. The van der Waals surface area contributed by atoms with E-state index in [1.807, 2.05) is 0 Å². The third-order valence-electron chi connectivity index (χ3n) is 1.48. The minimum absolute atomic E-state index is 0.0664. The summed E-state index contributed by atoms with van der Waals surface area (Å²) >= 11 is 1.70. The molecule has 0 amide bonds. The monoisotopic (exact) mass is 171 g/mol. The van der Waals surface area contributed by atoms with Crippen LogP contribution in [0.3, 0.4) is 0 Å². The molecule has 1 heterocycles. The van der Waals surface area contributed by atoms with Crippen molar-refractivity contribution < 1.29 is 5.11 Å². The van der Waals surface area contributed by atoms with Crippen LogP contribution in [0.2, 0.25) is 0 Å². The quantitative estimate of drug-likeness (QED) is 0.710. The zero-order valence-electron chi connectivity index (χ0n) is 6.58.